The van der Waals surface area contributed by atoms with Gasteiger partial charge in [-0.3, -0.25) is 4.79 Å². The van der Waals surface area contributed by atoms with Gasteiger partial charge < -0.3 is 4.74 Å². The number of Topliss-reactive ketones (excluding diaryl/α,β-unsaturated/α-hetero) is 1. The van der Waals surface area contributed by atoms with E-state index in [1.807, 2.05) is 6.07 Å². The van der Waals surface area contributed by atoms with Crippen LogP contribution in [-0.4, -0.2) is 5.78 Å². The Kier molecular flexibility index (Phi) is 3.11. The molecule has 1 atom stereocenters. The van der Waals surface area contributed by atoms with Gasteiger partial charge in [0.15, 0.2) is 5.78 Å². The molecule has 0 spiro atoms. The van der Waals surface area contributed by atoms with E-state index in [1.54, 1.807) is 11.3 Å². The van der Waals surface area contributed by atoms with E-state index >= 15 is 0 Å². The van der Waals surface area contributed by atoms with E-state index in [-0.39, 0.29) is 18.3 Å². The van der Waals surface area contributed by atoms with Crippen molar-refractivity contribution in [2.24, 2.45) is 0 Å². The van der Waals surface area contributed by atoms with Crippen molar-refractivity contribution in [1.29, 1.82) is 0 Å². The van der Waals surface area contributed by atoms with Crippen LogP contribution in [0.2, 0.25) is 0 Å². The highest BCUT2D eigenvalue weighted by molar-refractivity contribution is 7.12. The van der Waals surface area contributed by atoms with E-state index in [1.165, 1.54) is 23.1 Å². The van der Waals surface area contributed by atoms with Gasteiger partial charge in [-0.25, -0.2) is 4.39 Å². The normalized spacial score (nSPS) is 18.0. The van der Waals surface area contributed by atoms with Gasteiger partial charge in [-0.1, -0.05) is 6.92 Å². The maximum atomic E-state index is 13.1. The number of hydrogen-bond acceptors (Lipinski definition) is 3. The second kappa shape index (κ2) is 4.78. The quantitative estimate of drug-likeness (QED) is 0.823. The second-order valence-electron chi connectivity index (χ2n) is 4.53. The van der Waals surface area contributed by atoms with Crippen LogP contribution in [0.4, 0.5) is 4.39 Å². The summed E-state index contributed by atoms with van der Waals surface area (Å²) >= 11 is 1.67. The van der Waals surface area contributed by atoms with Crippen LogP contribution < -0.4 is 4.74 Å². The maximum Gasteiger partial charge on any atom is 0.170 e. The van der Waals surface area contributed by atoms with Gasteiger partial charge in [-0.15, -0.1) is 11.3 Å². The van der Waals surface area contributed by atoms with E-state index in [0.29, 0.717) is 11.3 Å². The molecule has 98 valence electrons. The molecule has 0 aliphatic carbocycles. The Labute approximate surface area is 114 Å². The number of rotatable bonds is 2. The minimum Gasteiger partial charge on any atom is -0.484 e. The number of halogens is 1. The average Bonchev–Trinajstić information content (AvgIpc) is 2.88. The summed E-state index contributed by atoms with van der Waals surface area (Å²) in [7, 11) is 0. The number of carbonyl (C=O) groups excluding carboxylic acids is 1. The van der Waals surface area contributed by atoms with E-state index < -0.39 is 5.82 Å². The molecule has 19 heavy (non-hydrogen) atoms. The molecule has 0 N–H and O–H groups in total. The van der Waals surface area contributed by atoms with Crippen molar-refractivity contribution in [3.63, 3.8) is 0 Å². The number of carbonyl (C=O) groups is 1. The Bertz CT molecular complexity index is 633. The minimum atomic E-state index is -0.404. The summed E-state index contributed by atoms with van der Waals surface area (Å²) in [6.45, 7) is 2.10. The maximum absolute atomic E-state index is 13.1. The van der Waals surface area contributed by atoms with Gasteiger partial charge in [-0.05, 0) is 36.8 Å². The van der Waals surface area contributed by atoms with Crippen molar-refractivity contribution in [3.8, 4) is 5.75 Å². The molecule has 0 bridgehead atoms. The molecule has 2 nitrogen and oxygen atoms in total. The fourth-order valence-corrected chi connectivity index (χ4v) is 3.19. The Hall–Kier alpha value is -1.68. The lowest BCUT2D eigenvalue weighted by Crippen LogP contribution is -2.19. The number of hydrogen-bond donors (Lipinski definition) is 0. The lowest BCUT2D eigenvalue weighted by molar-refractivity contribution is 0.0853. The zero-order valence-corrected chi connectivity index (χ0v) is 11.3. The predicted molar refractivity (Wildman–Crippen MR) is 72.4 cm³/mol. The Balaban J connectivity index is 1.92. The van der Waals surface area contributed by atoms with Crippen LogP contribution in [0, 0.1) is 5.82 Å². The average molecular weight is 276 g/mol. The van der Waals surface area contributed by atoms with Crippen LogP contribution in [0.3, 0.4) is 0 Å². The first-order chi connectivity index (χ1) is 9.17. The van der Waals surface area contributed by atoms with Crippen molar-refractivity contribution in [3.05, 3.63) is 51.5 Å². The van der Waals surface area contributed by atoms with E-state index in [9.17, 15) is 9.18 Å². The molecule has 1 unspecified atom stereocenters. The third-order valence-electron chi connectivity index (χ3n) is 3.23. The lowest BCUT2D eigenvalue weighted by Gasteiger charge is -2.24. The van der Waals surface area contributed by atoms with Crippen molar-refractivity contribution >= 4 is 17.1 Å². The summed E-state index contributed by atoms with van der Waals surface area (Å²) < 4.78 is 19.0. The van der Waals surface area contributed by atoms with Gasteiger partial charge in [0.1, 0.15) is 17.7 Å². The first-order valence-electron chi connectivity index (χ1n) is 6.25. The third kappa shape index (κ3) is 2.28. The number of fused-ring (bicyclic) bond motifs is 1. The summed E-state index contributed by atoms with van der Waals surface area (Å²) in [5, 5.41) is 0. The van der Waals surface area contributed by atoms with Crippen LogP contribution in [-0.2, 0) is 6.42 Å². The number of thiophene rings is 1. The number of ether oxygens (including phenoxy) is 1. The molecule has 2 heterocycles. The standard InChI is InChI=1S/C15H13FO2S/c1-2-10-4-6-15(19-10)14-8-12(17)11-7-9(16)3-5-13(11)18-14/h3-7,14H,2,8H2,1H3. The molecule has 1 aromatic carbocycles. The smallest absolute Gasteiger partial charge is 0.170 e. The molecule has 2 aromatic rings. The highest BCUT2D eigenvalue weighted by Crippen LogP contribution is 2.37. The van der Waals surface area contributed by atoms with Crippen molar-refractivity contribution in [2.75, 3.05) is 0 Å². The van der Waals surface area contributed by atoms with Crippen molar-refractivity contribution in [1.82, 2.24) is 0 Å². The van der Waals surface area contributed by atoms with Crippen LogP contribution in [0.1, 0.15) is 39.6 Å². The zero-order chi connectivity index (χ0) is 13.4. The van der Waals surface area contributed by atoms with Gasteiger partial charge in [0.05, 0.1) is 12.0 Å². The molecule has 0 fully saturated rings. The molecule has 0 amide bonds. The van der Waals surface area contributed by atoms with Gasteiger partial charge in [-0.2, -0.15) is 0 Å². The Morgan fingerprint density at radius 3 is 2.95 bits per heavy atom. The van der Waals surface area contributed by atoms with Gasteiger partial charge in [0, 0.05) is 9.75 Å². The molecular formula is C15H13FO2S. The van der Waals surface area contributed by atoms with E-state index in [2.05, 4.69) is 13.0 Å². The summed E-state index contributed by atoms with van der Waals surface area (Å²) in [4.78, 5) is 14.4. The number of ketones is 1. The van der Waals surface area contributed by atoms with Crippen LogP contribution in [0.25, 0.3) is 0 Å². The molecule has 1 aliphatic heterocycles. The highest BCUT2D eigenvalue weighted by Gasteiger charge is 2.28. The molecule has 0 saturated heterocycles. The molecule has 1 aromatic heterocycles. The Morgan fingerprint density at radius 1 is 1.37 bits per heavy atom. The van der Waals surface area contributed by atoms with E-state index in [4.69, 9.17) is 4.74 Å². The van der Waals surface area contributed by atoms with Crippen LogP contribution in [0.5, 0.6) is 5.75 Å². The third-order valence-corrected chi connectivity index (χ3v) is 4.55. The van der Waals surface area contributed by atoms with Gasteiger partial charge in [0.2, 0.25) is 0 Å². The minimum absolute atomic E-state index is 0.0581. The largest absolute Gasteiger partial charge is 0.484 e. The predicted octanol–water partition coefficient (Wildman–Crippen LogP) is 4.16. The molecule has 4 heteroatoms. The number of aryl methyl sites for hydroxylation is 1. The Morgan fingerprint density at radius 2 is 2.21 bits per heavy atom. The molecule has 0 radical (unpaired) electrons. The summed E-state index contributed by atoms with van der Waals surface area (Å²) in [6.07, 6.45) is 1.02. The first kappa shape index (κ1) is 12.4. The van der Waals surface area contributed by atoms with E-state index in [0.717, 1.165) is 11.3 Å². The van der Waals surface area contributed by atoms with Crippen molar-refractivity contribution in [2.45, 2.75) is 25.9 Å². The summed E-state index contributed by atoms with van der Waals surface area (Å²) in [5.74, 6) is 0.0184. The molecular weight excluding hydrogens is 263 g/mol. The zero-order valence-electron chi connectivity index (χ0n) is 10.5. The topological polar surface area (TPSA) is 26.3 Å². The molecule has 1 aliphatic rings. The number of benzene rings is 1. The SMILES string of the molecule is CCc1ccc(C2CC(=O)c3cc(F)ccc3O2)s1. The lowest BCUT2D eigenvalue weighted by atomic mass is 10.00. The van der Waals surface area contributed by atoms with Crippen LogP contribution >= 0.6 is 11.3 Å². The highest BCUT2D eigenvalue weighted by atomic mass is 32.1. The van der Waals surface area contributed by atoms with Gasteiger partial charge in [0.25, 0.3) is 0 Å². The van der Waals surface area contributed by atoms with Crippen LogP contribution in [0.15, 0.2) is 30.3 Å². The summed E-state index contributed by atoms with van der Waals surface area (Å²) in [6, 6.07) is 8.17. The molecule has 3 rings (SSSR count). The summed E-state index contributed by atoms with van der Waals surface area (Å²) in [5.41, 5.74) is 0.350. The monoisotopic (exact) mass is 276 g/mol. The first-order valence-corrected chi connectivity index (χ1v) is 7.07. The molecule has 0 saturated carbocycles. The second-order valence-corrected chi connectivity index (χ2v) is 5.73. The van der Waals surface area contributed by atoms with Crippen molar-refractivity contribution < 1.29 is 13.9 Å². The fraction of sp³-hybridized carbons (Fsp3) is 0.267. The fourth-order valence-electron chi connectivity index (χ4n) is 2.21. The van der Waals surface area contributed by atoms with Gasteiger partial charge >= 0.3 is 0 Å².